The van der Waals surface area contributed by atoms with Crippen molar-refractivity contribution in [2.24, 2.45) is 0 Å². The molecular weight excluding hydrogens is 274 g/mol. The highest BCUT2D eigenvalue weighted by atomic mass is 19.1. The molecular formula is C17H10F2O2. The third kappa shape index (κ3) is 1.88. The zero-order chi connectivity index (χ0) is 15.1. The van der Waals surface area contributed by atoms with Crippen LogP contribution in [0, 0.1) is 5.82 Å². The lowest BCUT2D eigenvalue weighted by molar-refractivity contribution is 0.558. The van der Waals surface area contributed by atoms with Gasteiger partial charge in [0.15, 0.2) is 11.6 Å². The van der Waals surface area contributed by atoms with Crippen molar-refractivity contribution in [1.82, 2.24) is 0 Å². The largest absolute Gasteiger partial charge is 0.453 e. The van der Waals surface area contributed by atoms with Gasteiger partial charge in [-0.2, -0.15) is 0 Å². The van der Waals surface area contributed by atoms with Gasteiger partial charge in [-0.1, -0.05) is 37.4 Å². The Balaban J connectivity index is 2.65. The lowest BCUT2D eigenvalue weighted by Crippen LogP contribution is -2.09. The second-order valence-corrected chi connectivity index (χ2v) is 4.56. The van der Waals surface area contributed by atoms with E-state index in [4.69, 9.17) is 4.42 Å². The molecule has 0 unspecified atom stereocenters. The summed E-state index contributed by atoms with van der Waals surface area (Å²) in [6.07, 6.45) is 1.19. The summed E-state index contributed by atoms with van der Waals surface area (Å²) < 4.78 is 32.9. The highest BCUT2D eigenvalue weighted by Gasteiger charge is 2.17. The molecule has 4 heteroatoms. The van der Waals surface area contributed by atoms with Crippen LogP contribution in [-0.2, 0) is 0 Å². The minimum atomic E-state index is -0.877. The third-order valence-corrected chi connectivity index (χ3v) is 3.34. The van der Waals surface area contributed by atoms with Crippen LogP contribution in [0.15, 0.2) is 52.7 Å². The molecule has 2 nitrogen and oxygen atoms in total. The van der Waals surface area contributed by atoms with E-state index >= 15 is 0 Å². The van der Waals surface area contributed by atoms with E-state index in [2.05, 4.69) is 13.2 Å². The van der Waals surface area contributed by atoms with Gasteiger partial charge in [0, 0.05) is 5.39 Å². The Morgan fingerprint density at radius 1 is 1.19 bits per heavy atom. The van der Waals surface area contributed by atoms with Gasteiger partial charge in [-0.25, -0.2) is 8.78 Å². The normalized spacial score (nSPS) is 11.0. The molecule has 2 aromatic carbocycles. The maximum atomic E-state index is 14.1. The van der Waals surface area contributed by atoms with Gasteiger partial charge in [0.1, 0.15) is 11.4 Å². The smallest absolute Gasteiger partial charge is 0.201 e. The van der Waals surface area contributed by atoms with E-state index in [1.54, 1.807) is 18.2 Å². The van der Waals surface area contributed by atoms with E-state index in [1.165, 1.54) is 18.2 Å². The predicted octanol–water partition coefficient (Wildman–Crippen LogP) is 4.67. The minimum Gasteiger partial charge on any atom is -0.453 e. The Bertz CT molecular complexity index is 968. The molecule has 1 aromatic heterocycles. The van der Waals surface area contributed by atoms with Crippen LogP contribution < -0.4 is 5.43 Å². The summed E-state index contributed by atoms with van der Waals surface area (Å²) in [5, 5.41) is 0.796. The average Bonchev–Trinajstić information content (AvgIpc) is 2.46. The van der Waals surface area contributed by atoms with Crippen molar-refractivity contribution in [2.45, 2.75) is 0 Å². The van der Waals surface area contributed by atoms with Crippen molar-refractivity contribution in [3.63, 3.8) is 0 Å². The lowest BCUT2D eigenvalue weighted by Gasteiger charge is -2.08. The van der Waals surface area contributed by atoms with Crippen LogP contribution in [0.1, 0.15) is 11.3 Å². The first-order chi connectivity index (χ1) is 10.0. The second-order valence-electron chi connectivity index (χ2n) is 4.56. The molecule has 3 rings (SSSR count). The molecule has 0 saturated heterocycles. The Labute approximate surface area is 118 Å². The third-order valence-electron chi connectivity index (χ3n) is 3.34. The van der Waals surface area contributed by atoms with Gasteiger partial charge in [0.25, 0.3) is 0 Å². The van der Waals surface area contributed by atoms with Gasteiger partial charge in [-0.05, 0) is 17.5 Å². The van der Waals surface area contributed by atoms with Crippen molar-refractivity contribution >= 4 is 33.6 Å². The standard InChI is InChI=1S/C17H10F2O2/c1-3-11-16(20)15-13(21-17(11)9(2)18)8-7-10-5-4-6-12(19)14(10)15/h3-8H,1-2H2. The highest BCUT2D eigenvalue weighted by molar-refractivity contribution is 6.06. The molecule has 0 aliphatic heterocycles. The van der Waals surface area contributed by atoms with Crippen molar-refractivity contribution in [1.29, 1.82) is 0 Å². The summed E-state index contributed by atoms with van der Waals surface area (Å²) in [4.78, 5) is 12.5. The van der Waals surface area contributed by atoms with Gasteiger partial charge in [0.05, 0.1) is 10.9 Å². The molecule has 3 aromatic rings. The van der Waals surface area contributed by atoms with E-state index in [0.29, 0.717) is 5.39 Å². The first-order valence-electron chi connectivity index (χ1n) is 6.20. The predicted molar refractivity (Wildman–Crippen MR) is 80.2 cm³/mol. The van der Waals surface area contributed by atoms with E-state index in [0.717, 1.165) is 0 Å². The monoisotopic (exact) mass is 284 g/mol. The minimum absolute atomic E-state index is 0.0641. The van der Waals surface area contributed by atoms with Gasteiger partial charge in [0.2, 0.25) is 5.43 Å². The van der Waals surface area contributed by atoms with Crippen LogP contribution >= 0.6 is 0 Å². The second kappa shape index (κ2) is 4.66. The van der Waals surface area contributed by atoms with Gasteiger partial charge < -0.3 is 4.42 Å². The Hall–Kier alpha value is -2.75. The summed E-state index contributed by atoms with van der Waals surface area (Å²) in [5.41, 5.74) is -0.487. The van der Waals surface area contributed by atoms with Crippen LogP contribution in [-0.4, -0.2) is 0 Å². The number of fused-ring (bicyclic) bond motifs is 3. The van der Waals surface area contributed by atoms with Crippen LogP contribution in [0.2, 0.25) is 0 Å². The number of rotatable bonds is 2. The van der Waals surface area contributed by atoms with Gasteiger partial charge >= 0.3 is 0 Å². The molecule has 1 heterocycles. The number of hydrogen-bond donors (Lipinski definition) is 0. The molecule has 0 bridgehead atoms. The fourth-order valence-electron chi connectivity index (χ4n) is 2.42. The molecule has 0 radical (unpaired) electrons. The van der Waals surface area contributed by atoms with Crippen molar-refractivity contribution < 1.29 is 13.2 Å². The summed E-state index contributed by atoms with van der Waals surface area (Å²) in [6, 6.07) is 7.63. The Morgan fingerprint density at radius 3 is 2.62 bits per heavy atom. The summed E-state index contributed by atoms with van der Waals surface area (Å²) in [7, 11) is 0. The molecule has 0 spiro atoms. The SMILES string of the molecule is C=Cc1c(C(=C)F)oc2ccc3cccc(F)c3c2c1=O. The molecule has 0 saturated carbocycles. The maximum Gasteiger partial charge on any atom is 0.201 e. The van der Waals surface area contributed by atoms with Crippen LogP contribution in [0.3, 0.4) is 0 Å². The van der Waals surface area contributed by atoms with Crippen LogP contribution in [0.25, 0.3) is 33.6 Å². The van der Waals surface area contributed by atoms with Crippen molar-refractivity contribution in [2.75, 3.05) is 0 Å². The average molecular weight is 284 g/mol. The molecule has 104 valence electrons. The molecule has 0 amide bonds. The molecule has 21 heavy (non-hydrogen) atoms. The van der Waals surface area contributed by atoms with Crippen molar-refractivity contribution in [3.05, 3.63) is 70.9 Å². The fourth-order valence-corrected chi connectivity index (χ4v) is 2.42. The molecule has 0 aliphatic carbocycles. The number of benzene rings is 2. The Kier molecular flexibility index (Phi) is 2.94. The topological polar surface area (TPSA) is 30.2 Å². The van der Waals surface area contributed by atoms with Crippen LogP contribution in [0.5, 0.6) is 0 Å². The lowest BCUT2D eigenvalue weighted by atomic mass is 10.0. The Morgan fingerprint density at radius 2 is 1.95 bits per heavy atom. The van der Waals surface area contributed by atoms with Crippen molar-refractivity contribution in [3.8, 4) is 0 Å². The first-order valence-corrected chi connectivity index (χ1v) is 6.20. The molecule has 0 atom stereocenters. The van der Waals surface area contributed by atoms with Gasteiger partial charge in [-0.3, -0.25) is 4.79 Å². The maximum absolute atomic E-state index is 14.1. The molecule has 0 aliphatic rings. The number of hydrogen-bond acceptors (Lipinski definition) is 2. The number of halogens is 2. The van der Waals surface area contributed by atoms with Crippen LogP contribution in [0.4, 0.5) is 8.78 Å². The zero-order valence-electron chi connectivity index (χ0n) is 11.0. The highest BCUT2D eigenvalue weighted by Crippen LogP contribution is 2.29. The molecule has 0 N–H and O–H groups in total. The first kappa shape index (κ1) is 13.2. The molecule has 0 fully saturated rings. The van der Waals surface area contributed by atoms with E-state index in [-0.39, 0.29) is 27.7 Å². The van der Waals surface area contributed by atoms with E-state index < -0.39 is 17.1 Å². The van der Waals surface area contributed by atoms with E-state index in [9.17, 15) is 13.6 Å². The summed E-state index contributed by atoms with van der Waals surface area (Å²) in [5.74, 6) is -1.69. The zero-order valence-corrected chi connectivity index (χ0v) is 11.0. The van der Waals surface area contributed by atoms with E-state index in [1.807, 2.05) is 0 Å². The quantitative estimate of drug-likeness (QED) is 0.640. The fraction of sp³-hybridized carbons (Fsp3) is 0. The summed E-state index contributed by atoms with van der Waals surface area (Å²) in [6.45, 7) is 6.62. The van der Waals surface area contributed by atoms with Gasteiger partial charge in [-0.15, -0.1) is 0 Å². The summed E-state index contributed by atoms with van der Waals surface area (Å²) >= 11 is 0.